The maximum Gasteiger partial charge on any atom is 0.332 e. The van der Waals surface area contributed by atoms with E-state index >= 15 is 0 Å². The van der Waals surface area contributed by atoms with Gasteiger partial charge in [0.25, 0.3) is 0 Å². The Labute approximate surface area is 117 Å². The number of methoxy groups -OCH3 is 1. The van der Waals surface area contributed by atoms with E-state index in [0.29, 0.717) is 5.75 Å². The fourth-order valence-corrected chi connectivity index (χ4v) is 1.75. The number of hydrogen-bond acceptors (Lipinski definition) is 4. The molecule has 6 nitrogen and oxygen atoms in total. The van der Waals surface area contributed by atoms with Crippen LogP contribution in [-0.2, 0) is 16.0 Å². The second kappa shape index (κ2) is 7.49. The van der Waals surface area contributed by atoms with Crippen LogP contribution < -0.4 is 10.1 Å². The summed E-state index contributed by atoms with van der Waals surface area (Å²) in [7, 11) is 1.54. The summed E-state index contributed by atoms with van der Waals surface area (Å²) in [5.74, 6) is -0.901. The number of carbonyl (C=O) groups excluding carboxylic acids is 1. The molecule has 1 rings (SSSR count). The summed E-state index contributed by atoms with van der Waals surface area (Å²) in [6.07, 6.45) is -1.33. The molecule has 1 atom stereocenters. The van der Waals surface area contributed by atoms with Crippen molar-refractivity contribution in [3.8, 4) is 5.75 Å². The summed E-state index contributed by atoms with van der Waals surface area (Å²) in [6.45, 7) is 2.03. The maximum absolute atomic E-state index is 11.7. The zero-order valence-corrected chi connectivity index (χ0v) is 11.5. The van der Waals surface area contributed by atoms with Gasteiger partial charge in [0, 0.05) is 18.5 Å². The van der Waals surface area contributed by atoms with Crippen LogP contribution in [0.25, 0.3) is 0 Å². The van der Waals surface area contributed by atoms with Gasteiger partial charge in [-0.3, -0.25) is 4.79 Å². The van der Waals surface area contributed by atoms with Crippen LogP contribution >= 0.6 is 0 Å². The minimum Gasteiger partial charge on any atom is -0.496 e. The molecule has 1 amide bonds. The second-order valence-corrected chi connectivity index (χ2v) is 4.48. The van der Waals surface area contributed by atoms with E-state index in [1.807, 2.05) is 19.1 Å². The Morgan fingerprint density at radius 2 is 2.10 bits per heavy atom. The Balaban J connectivity index is 2.50. The molecule has 110 valence electrons. The number of hydrogen-bond donors (Lipinski definition) is 3. The summed E-state index contributed by atoms with van der Waals surface area (Å²) in [5, 5.41) is 20.1. The largest absolute Gasteiger partial charge is 0.496 e. The van der Waals surface area contributed by atoms with Crippen LogP contribution in [-0.4, -0.2) is 41.8 Å². The highest BCUT2D eigenvalue weighted by atomic mass is 16.5. The number of carbonyl (C=O) groups is 2. The van der Waals surface area contributed by atoms with Crippen LogP contribution in [0, 0.1) is 6.92 Å². The molecule has 20 heavy (non-hydrogen) atoms. The van der Waals surface area contributed by atoms with E-state index in [1.54, 1.807) is 6.07 Å². The van der Waals surface area contributed by atoms with Gasteiger partial charge in [-0.1, -0.05) is 17.7 Å². The van der Waals surface area contributed by atoms with Crippen LogP contribution in [0.2, 0.25) is 0 Å². The van der Waals surface area contributed by atoms with Gasteiger partial charge in [-0.2, -0.15) is 0 Å². The van der Waals surface area contributed by atoms with Crippen molar-refractivity contribution in [3.05, 3.63) is 29.3 Å². The van der Waals surface area contributed by atoms with Gasteiger partial charge in [-0.25, -0.2) is 4.79 Å². The van der Waals surface area contributed by atoms with Gasteiger partial charge in [0.05, 0.1) is 13.5 Å². The van der Waals surface area contributed by atoms with E-state index in [4.69, 9.17) is 14.9 Å². The second-order valence-electron chi connectivity index (χ2n) is 4.48. The molecular formula is C14H19NO5. The van der Waals surface area contributed by atoms with Crippen molar-refractivity contribution in [1.82, 2.24) is 5.32 Å². The lowest BCUT2D eigenvalue weighted by molar-refractivity contribution is -0.147. The van der Waals surface area contributed by atoms with Gasteiger partial charge in [0.2, 0.25) is 5.91 Å². The number of amides is 1. The first-order valence-electron chi connectivity index (χ1n) is 6.25. The monoisotopic (exact) mass is 281 g/mol. The molecule has 1 aromatic carbocycles. The highest BCUT2D eigenvalue weighted by molar-refractivity contribution is 5.79. The molecule has 0 aromatic heterocycles. The first-order chi connectivity index (χ1) is 9.43. The van der Waals surface area contributed by atoms with Crippen LogP contribution in [0.5, 0.6) is 5.75 Å². The first kappa shape index (κ1) is 16.0. The van der Waals surface area contributed by atoms with Crippen LogP contribution in [0.4, 0.5) is 0 Å². The molecule has 0 unspecified atom stereocenters. The lowest BCUT2D eigenvalue weighted by atomic mass is 10.1. The van der Waals surface area contributed by atoms with Gasteiger partial charge in [0.15, 0.2) is 6.10 Å². The van der Waals surface area contributed by atoms with Crippen molar-refractivity contribution in [2.24, 2.45) is 0 Å². The number of carboxylic acids is 1. The molecule has 0 saturated heterocycles. The molecule has 0 bridgehead atoms. The van der Waals surface area contributed by atoms with E-state index < -0.39 is 12.1 Å². The van der Waals surface area contributed by atoms with Crippen molar-refractivity contribution in [2.45, 2.75) is 25.9 Å². The summed E-state index contributed by atoms with van der Waals surface area (Å²) < 4.78 is 5.18. The van der Waals surface area contributed by atoms with Gasteiger partial charge >= 0.3 is 5.97 Å². The molecular weight excluding hydrogens is 262 g/mol. The van der Waals surface area contributed by atoms with E-state index in [9.17, 15) is 9.59 Å². The summed E-state index contributed by atoms with van der Waals surface area (Å²) in [4.78, 5) is 22.2. The Kier molecular flexibility index (Phi) is 5.99. The molecule has 0 heterocycles. The summed E-state index contributed by atoms with van der Waals surface area (Å²) >= 11 is 0. The number of nitrogens with one attached hydrogen (secondary N) is 1. The average molecular weight is 281 g/mol. The van der Waals surface area contributed by atoms with Gasteiger partial charge in [0.1, 0.15) is 5.75 Å². The molecule has 1 aromatic rings. The Morgan fingerprint density at radius 1 is 1.40 bits per heavy atom. The number of carboxylic acid groups (broad SMARTS) is 1. The first-order valence-corrected chi connectivity index (χ1v) is 6.25. The van der Waals surface area contributed by atoms with Crippen LogP contribution in [0.3, 0.4) is 0 Å². The molecule has 0 aliphatic rings. The van der Waals surface area contributed by atoms with E-state index in [0.717, 1.165) is 11.1 Å². The lowest BCUT2D eigenvalue weighted by Gasteiger charge is -2.10. The zero-order chi connectivity index (χ0) is 15.1. The number of aryl methyl sites for hydroxylation is 1. The highest BCUT2D eigenvalue weighted by Gasteiger charge is 2.13. The molecule has 0 radical (unpaired) electrons. The molecule has 0 saturated carbocycles. The quantitative estimate of drug-likeness (QED) is 0.676. The predicted molar refractivity (Wildman–Crippen MR) is 72.7 cm³/mol. The SMILES string of the molecule is COc1ccc(C)cc1CC(=O)NCC[C@H](O)C(=O)O. The standard InChI is InChI=1S/C14H19NO5/c1-9-3-4-12(20-2)10(7-9)8-13(17)15-6-5-11(16)14(18)19/h3-4,7,11,16H,5-6,8H2,1-2H3,(H,15,17)(H,18,19)/t11-/m0/s1. The third kappa shape index (κ3) is 4.89. The smallest absolute Gasteiger partial charge is 0.332 e. The normalized spacial score (nSPS) is 11.8. The fourth-order valence-electron chi connectivity index (χ4n) is 1.75. The molecule has 0 spiro atoms. The number of rotatable bonds is 7. The Bertz CT molecular complexity index is 486. The number of benzene rings is 1. The fraction of sp³-hybridized carbons (Fsp3) is 0.429. The predicted octanol–water partition coefficient (Wildman–Crippen LogP) is 0.498. The number of aliphatic hydroxyl groups excluding tert-OH is 1. The number of ether oxygens (including phenoxy) is 1. The lowest BCUT2D eigenvalue weighted by Crippen LogP contribution is -2.31. The van der Waals surface area contributed by atoms with Gasteiger partial charge < -0.3 is 20.3 Å². The third-order valence-corrected chi connectivity index (χ3v) is 2.81. The van der Waals surface area contributed by atoms with E-state index in [1.165, 1.54) is 7.11 Å². The van der Waals surface area contributed by atoms with E-state index in [-0.39, 0.29) is 25.3 Å². The molecule has 3 N–H and O–H groups in total. The molecule has 6 heteroatoms. The van der Waals surface area contributed by atoms with Crippen molar-refractivity contribution < 1.29 is 24.5 Å². The van der Waals surface area contributed by atoms with Gasteiger partial charge in [-0.05, 0) is 13.0 Å². The van der Waals surface area contributed by atoms with Crippen molar-refractivity contribution in [1.29, 1.82) is 0 Å². The van der Waals surface area contributed by atoms with Crippen molar-refractivity contribution in [3.63, 3.8) is 0 Å². The summed E-state index contributed by atoms with van der Waals surface area (Å²) in [5.41, 5.74) is 1.79. The van der Waals surface area contributed by atoms with Crippen molar-refractivity contribution >= 4 is 11.9 Å². The minimum absolute atomic E-state index is 0.0218. The zero-order valence-electron chi connectivity index (χ0n) is 11.5. The Hall–Kier alpha value is -2.08. The molecule has 0 aliphatic carbocycles. The van der Waals surface area contributed by atoms with Gasteiger partial charge in [-0.15, -0.1) is 0 Å². The van der Waals surface area contributed by atoms with Crippen LogP contribution in [0.1, 0.15) is 17.5 Å². The minimum atomic E-state index is -1.45. The highest BCUT2D eigenvalue weighted by Crippen LogP contribution is 2.19. The number of aliphatic hydroxyl groups is 1. The maximum atomic E-state index is 11.7. The van der Waals surface area contributed by atoms with E-state index in [2.05, 4.69) is 5.32 Å². The summed E-state index contributed by atoms with van der Waals surface area (Å²) in [6, 6.07) is 5.56. The molecule has 0 aliphatic heterocycles. The van der Waals surface area contributed by atoms with Crippen molar-refractivity contribution in [2.75, 3.05) is 13.7 Å². The topological polar surface area (TPSA) is 95.9 Å². The molecule has 0 fully saturated rings. The number of aliphatic carboxylic acids is 1. The third-order valence-electron chi connectivity index (χ3n) is 2.81. The Morgan fingerprint density at radius 3 is 2.70 bits per heavy atom. The average Bonchev–Trinajstić information content (AvgIpc) is 2.38. The van der Waals surface area contributed by atoms with Crippen LogP contribution in [0.15, 0.2) is 18.2 Å².